The monoisotopic (exact) mass is 294 g/mol. The Labute approximate surface area is 117 Å². The van der Waals surface area contributed by atoms with Gasteiger partial charge in [0.15, 0.2) is 0 Å². The molecule has 6 heteroatoms. The summed E-state index contributed by atoms with van der Waals surface area (Å²) in [4.78, 5) is 0. The largest absolute Gasteiger partial charge is 0.361 e. The Hall–Kier alpha value is -1.76. The molecule has 5 nitrogen and oxygen atoms in total. The zero-order valence-electron chi connectivity index (χ0n) is 10.5. The number of benzene rings is 2. The van der Waals surface area contributed by atoms with Crippen molar-refractivity contribution in [2.75, 3.05) is 0 Å². The van der Waals surface area contributed by atoms with E-state index in [2.05, 4.69) is 19.1 Å². The second-order valence-corrected chi connectivity index (χ2v) is 4.85. The summed E-state index contributed by atoms with van der Waals surface area (Å²) in [5.41, 5.74) is 3.19. The topological polar surface area (TPSA) is 104 Å². The first-order chi connectivity index (χ1) is 9.36. The Morgan fingerprint density at radius 3 is 1.50 bits per heavy atom. The van der Waals surface area contributed by atoms with Gasteiger partial charge in [0.05, 0.1) is 10.8 Å². The van der Waals surface area contributed by atoms with Crippen molar-refractivity contribution in [3.8, 4) is 0 Å². The molecule has 104 valence electrons. The minimum Gasteiger partial charge on any atom is -0.222 e. The molecule has 0 fully saturated rings. The van der Waals surface area contributed by atoms with Gasteiger partial charge in [-0.2, -0.15) is 0 Å². The highest BCUT2D eigenvalue weighted by molar-refractivity contribution is 5.94. The molecule has 0 aliphatic carbocycles. The van der Waals surface area contributed by atoms with Crippen LogP contribution in [-0.2, 0) is 0 Å². The highest BCUT2D eigenvalue weighted by atomic mass is 35.7. The first-order valence-corrected chi connectivity index (χ1v) is 6.91. The summed E-state index contributed by atoms with van der Waals surface area (Å²) < 4.78 is 39.8. The van der Waals surface area contributed by atoms with Gasteiger partial charge in [0, 0.05) is 12.1 Å². The van der Waals surface area contributed by atoms with Gasteiger partial charge in [0.2, 0.25) is 0 Å². The molecule has 0 saturated carbocycles. The van der Waals surface area contributed by atoms with Crippen LogP contribution in [0.4, 0.5) is 0 Å². The molecule has 0 aliphatic heterocycles. The number of halogens is 1. The number of hydrogen-bond acceptors (Lipinski definition) is 4. The van der Waals surface area contributed by atoms with E-state index < -0.39 is 10.2 Å². The minimum absolute atomic E-state index is 0.953. The molecule has 0 N–H and O–H groups in total. The molecule has 0 amide bonds. The van der Waals surface area contributed by atoms with Gasteiger partial charge >= 0.3 is 11.2 Å². The molecule has 0 unspecified atom stereocenters. The summed E-state index contributed by atoms with van der Waals surface area (Å²) in [7, 11) is -4.94. The van der Waals surface area contributed by atoms with Crippen molar-refractivity contribution in [1.29, 1.82) is 0 Å². The molecule has 0 spiro atoms. The molecule has 0 radical (unpaired) electrons. The standard InChI is InChI=1S/C14H11O.ClHO4/c1-10-11-6-2-4-8-13(11)15-14-9-5-3-7-12(10)14;2-1(3,4)5/h2-9H,1H3;(H,2,3,4,5)/q+1;/p-1. The van der Waals surface area contributed by atoms with Crippen LogP contribution in [0.1, 0.15) is 5.56 Å². The van der Waals surface area contributed by atoms with Gasteiger partial charge in [-0.25, -0.2) is 23.1 Å². The average Bonchev–Trinajstić information content (AvgIpc) is 2.37. The maximum atomic E-state index is 8.49. The van der Waals surface area contributed by atoms with Crippen LogP contribution >= 0.6 is 0 Å². The van der Waals surface area contributed by atoms with E-state index >= 15 is 0 Å². The summed E-state index contributed by atoms with van der Waals surface area (Å²) in [6.07, 6.45) is 0. The van der Waals surface area contributed by atoms with Crippen molar-refractivity contribution in [3.63, 3.8) is 0 Å². The van der Waals surface area contributed by atoms with E-state index in [4.69, 9.17) is 23.1 Å². The third-order valence-electron chi connectivity index (χ3n) is 2.80. The lowest BCUT2D eigenvalue weighted by molar-refractivity contribution is -2.00. The van der Waals surface area contributed by atoms with Crippen LogP contribution in [0.15, 0.2) is 52.9 Å². The van der Waals surface area contributed by atoms with Crippen LogP contribution in [0.5, 0.6) is 0 Å². The minimum atomic E-state index is -4.94. The first-order valence-electron chi connectivity index (χ1n) is 5.68. The van der Waals surface area contributed by atoms with Gasteiger partial charge < -0.3 is 0 Å². The van der Waals surface area contributed by atoms with Gasteiger partial charge in [-0.3, -0.25) is 0 Å². The summed E-state index contributed by atoms with van der Waals surface area (Å²) in [6.45, 7) is 2.14. The number of rotatable bonds is 0. The fourth-order valence-corrected chi connectivity index (χ4v) is 1.99. The number of hydrogen-bond donors (Lipinski definition) is 0. The maximum absolute atomic E-state index is 8.49. The fourth-order valence-electron chi connectivity index (χ4n) is 1.99. The number of fused-ring (bicyclic) bond motifs is 2. The van der Waals surface area contributed by atoms with E-state index in [-0.39, 0.29) is 0 Å². The van der Waals surface area contributed by atoms with E-state index in [9.17, 15) is 0 Å². The summed E-state index contributed by atoms with van der Waals surface area (Å²) >= 11 is 0. The molecule has 1 aromatic heterocycles. The zero-order valence-corrected chi connectivity index (χ0v) is 11.3. The van der Waals surface area contributed by atoms with Gasteiger partial charge in [-0.1, -0.05) is 24.3 Å². The SMILES string of the molecule is Cc1c2ccccc2[o+]c2ccccc12.[O-][Cl+3]([O-])([O-])[O-]. The molecule has 0 atom stereocenters. The molecule has 0 aliphatic rings. The molecule has 0 saturated heterocycles. The maximum Gasteiger partial charge on any atom is 0.361 e. The van der Waals surface area contributed by atoms with Crippen LogP contribution in [0.3, 0.4) is 0 Å². The molecule has 20 heavy (non-hydrogen) atoms. The van der Waals surface area contributed by atoms with Crippen LogP contribution in [0.2, 0.25) is 0 Å². The van der Waals surface area contributed by atoms with Crippen LogP contribution in [-0.4, -0.2) is 0 Å². The smallest absolute Gasteiger partial charge is 0.222 e. The van der Waals surface area contributed by atoms with Gasteiger partial charge in [-0.05, 0) is 24.6 Å². The van der Waals surface area contributed by atoms with Crippen LogP contribution in [0, 0.1) is 17.2 Å². The van der Waals surface area contributed by atoms with E-state index in [0.29, 0.717) is 0 Å². The highest BCUT2D eigenvalue weighted by Gasteiger charge is 2.14. The number of aryl methyl sites for hydroxylation is 1. The predicted molar refractivity (Wildman–Crippen MR) is 62.9 cm³/mol. The quantitative estimate of drug-likeness (QED) is 0.407. The van der Waals surface area contributed by atoms with E-state index in [1.165, 1.54) is 16.3 Å². The van der Waals surface area contributed by atoms with Crippen molar-refractivity contribution in [3.05, 3.63) is 54.1 Å². The first kappa shape index (κ1) is 14.6. The Balaban J connectivity index is 0.000000257. The van der Waals surface area contributed by atoms with Crippen molar-refractivity contribution in [1.82, 2.24) is 0 Å². The lowest BCUT2D eigenvalue weighted by Gasteiger charge is -2.17. The number of para-hydroxylation sites is 2. The Morgan fingerprint density at radius 1 is 0.750 bits per heavy atom. The molecule has 3 rings (SSSR count). The summed E-state index contributed by atoms with van der Waals surface area (Å²) in [5.74, 6) is 0. The molecule has 0 bridgehead atoms. The second-order valence-electron chi connectivity index (χ2n) is 4.10. The van der Waals surface area contributed by atoms with Crippen molar-refractivity contribution >= 4 is 21.9 Å². The normalized spacial score (nSPS) is 11.2. The molecule has 2 aromatic carbocycles. The third-order valence-corrected chi connectivity index (χ3v) is 2.80. The predicted octanol–water partition coefficient (Wildman–Crippen LogP) is -0.580. The third kappa shape index (κ3) is 3.63. The summed E-state index contributed by atoms with van der Waals surface area (Å²) in [5, 5.41) is 2.38. The lowest BCUT2D eigenvalue weighted by atomic mass is 10.1. The molecule has 3 aromatic rings. The Morgan fingerprint density at radius 2 is 1.10 bits per heavy atom. The van der Waals surface area contributed by atoms with Crippen molar-refractivity contribution < 1.29 is 33.3 Å². The molecular formula is C14H11ClO5. The Kier molecular flexibility index (Phi) is 4.17. The lowest BCUT2D eigenvalue weighted by Crippen LogP contribution is -2.68. The van der Waals surface area contributed by atoms with Gasteiger partial charge in [0.25, 0.3) is 0 Å². The molecule has 1 heterocycles. The second kappa shape index (κ2) is 5.70. The van der Waals surface area contributed by atoms with E-state index in [0.717, 1.165) is 11.2 Å². The average molecular weight is 295 g/mol. The zero-order chi connectivity index (χ0) is 14.8. The van der Waals surface area contributed by atoms with Crippen molar-refractivity contribution in [2.45, 2.75) is 6.92 Å². The van der Waals surface area contributed by atoms with Crippen LogP contribution < -0.4 is 18.6 Å². The molecular weight excluding hydrogens is 284 g/mol. The Bertz CT molecular complexity index is 676. The van der Waals surface area contributed by atoms with E-state index in [1.807, 2.05) is 36.4 Å². The van der Waals surface area contributed by atoms with Crippen molar-refractivity contribution in [2.24, 2.45) is 0 Å². The van der Waals surface area contributed by atoms with Gasteiger partial charge in [0.1, 0.15) is 0 Å². The fraction of sp³-hybridized carbons (Fsp3) is 0.0714. The summed E-state index contributed by atoms with van der Waals surface area (Å²) in [6, 6.07) is 16.3. The van der Waals surface area contributed by atoms with E-state index in [1.54, 1.807) is 0 Å². The van der Waals surface area contributed by atoms with Gasteiger partial charge in [-0.15, -0.1) is 10.2 Å². The van der Waals surface area contributed by atoms with Crippen LogP contribution in [0.25, 0.3) is 21.9 Å². The highest BCUT2D eigenvalue weighted by Crippen LogP contribution is 2.27.